The minimum absolute atomic E-state index is 0.0260. The van der Waals surface area contributed by atoms with Crippen LogP contribution in [0.25, 0.3) is 0 Å². The van der Waals surface area contributed by atoms with Crippen molar-refractivity contribution in [2.24, 2.45) is 5.92 Å². The van der Waals surface area contributed by atoms with Crippen LogP contribution >= 0.6 is 0 Å². The first-order valence-electron chi connectivity index (χ1n) is 6.41. The highest BCUT2D eigenvalue weighted by Gasteiger charge is 2.36. The van der Waals surface area contributed by atoms with Crippen molar-refractivity contribution in [3.63, 3.8) is 0 Å². The minimum atomic E-state index is -0.777. The molecular weight excluding hydrogens is 262 g/mol. The maximum atomic E-state index is 11.7. The number of hydrogen-bond acceptors (Lipinski definition) is 5. The van der Waals surface area contributed by atoms with Gasteiger partial charge in [0.25, 0.3) is 0 Å². The van der Waals surface area contributed by atoms with E-state index in [1.54, 1.807) is 19.9 Å². The molecular formula is C14H19NO5. The SMILES string of the molecule is C=CN1CCC(C(=O)OCCOC(=O)/C(C)=C\C)C1=O. The number of carbonyl (C=O) groups excluding carboxylic acids is 3. The molecule has 110 valence electrons. The average molecular weight is 281 g/mol. The standard InChI is InChI=1S/C14H19NO5/c1-4-10(3)13(17)19-8-9-20-14(18)11-6-7-15(5-2)12(11)16/h4-5,11H,2,6-9H2,1,3H3/b10-4-. The summed E-state index contributed by atoms with van der Waals surface area (Å²) in [5, 5.41) is 0. The summed E-state index contributed by atoms with van der Waals surface area (Å²) >= 11 is 0. The molecule has 0 aromatic carbocycles. The molecule has 0 bridgehead atoms. The van der Waals surface area contributed by atoms with Gasteiger partial charge in [-0.3, -0.25) is 9.59 Å². The first-order valence-corrected chi connectivity index (χ1v) is 6.41. The van der Waals surface area contributed by atoms with Crippen molar-refractivity contribution >= 4 is 17.8 Å². The molecule has 1 fully saturated rings. The van der Waals surface area contributed by atoms with E-state index in [0.717, 1.165) is 0 Å². The third-order valence-electron chi connectivity index (χ3n) is 3.06. The summed E-state index contributed by atoms with van der Waals surface area (Å²) in [6.45, 7) is 7.25. The van der Waals surface area contributed by atoms with Crippen LogP contribution in [0.3, 0.4) is 0 Å². The number of allylic oxidation sites excluding steroid dienone is 1. The Kier molecular flexibility index (Phi) is 5.96. The summed E-state index contributed by atoms with van der Waals surface area (Å²) in [5.41, 5.74) is 0.490. The Morgan fingerprint density at radius 3 is 2.60 bits per heavy atom. The van der Waals surface area contributed by atoms with Gasteiger partial charge in [0.2, 0.25) is 5.91 Å². The van der Waals surface area contributed by atoms with Gasteiger partial charge in [-0.15, -0.1) is 0 Å². The molecule has 1 amide bonds. The molecule has 6 nitrogen and oxygen atoms in total. The lowest BCUT2D eigenvalue weighted by atomic mass is 10.1. The molecule has 0 radical (unpaired) electrons. The molecule has 6 heteroatoms. The number of carbonyl (C=O) groups is 3. The van der Waals surface area contributed by atoms with E-state index in [-0.39, 0.29) is 19.1 Å². The van der Waals surface area contributed by atoms with Crippen molar-refractivity contribution in [1.29, 1.82) is 0 Å². The number of hydrogen-bond donors (Lipinski definition) is 0. The fourth-order valence-corrected chi connectivity index (χ4v) is 1.71. The molecule has 1 aliphatic rings. The summed E-state index contributed by atoms with van der Waals surface area (Å²) in [6.07, 6.45) is 3.45. The number of amides is 1. The average Bonchev–Trinajstić information content (AvgIpc) is 2.83. The highest BCUT2D eigenvalue weighted by atomic mass is 16.6. The van der Waals surface area contributed by atoms with Crippen LogP contribution in [0.15, 0.2) is 24.4 Å². The molecule has 1 rings (SSSR count). The molecule has 0 aliphatic carbocycles. The topological polar surface area (TPSA) is 72.9 Å². The van der Waals surface area contributed by atoms with E-state index in [1.165, 1.54) is 11.1 Å². The Morgan fingerprint density at radius 1 is 1.40 bits per heavy atom. The van der Waals surface area contributed by atoms with Crippen molar-refractivity contribution in [1.82, 2.24) is 4.90 Å². The number of nitrogens with zero attached hydrogens (tertiary/aromatic N) is 1. The van der Waals surface area contributed by atoms with Crippen LogP contribution in [0.4, 0.5) is 0 Å². The third kappa shape index (κ3) is 3.94. The van der Waals surface area contributed by atoms with Gasteiger partial charge in [-0.1, -0.05) is 12.7 Å². The van der Waals surface area contributed by atoms with Gasteiger partial charge < -0.3 is 14.4 Å². The van der Waals surface area contributed by atoms with Crippen LogP contribution in [-0.4, -0.2) is 42.5 Å². The van der Waals surface area contributed by atoms with Gasteiger partial charge >= 0.3 is 11.9 Å². The zero-order valence-corrected chi connectivity index (χ0v) is 11.8. The molecule has 0 aromatic rings. The highest BCUT2D eigenvalue weighted by molar-refractivity contribution is 5.99. The minimum Gasteiger partial charge on any atom is -0.461 e. The lowest BCUT2D eigenvalue weighted by Crippen LogP contribution is -2.28. The van der Waals surface area contributed by atoms with Crippen LogP contribution in [0, 0.1) is 5.92 Å². The molecule has 1 heterocycles. The van der Waals surface area contributed by atoms with Crippen LogP contribution < -0.4 is 0 Å². The first-order chi connectivity index (χ1) is 9.51. The van der Waals surface area contributed by atoms with Crippen LogP contribution in [-0.2, 0) is 23.9 Å². The molecule has 20 heavy (non-hydrogen) atoms. The van der Waals surface area contributed by atoms with Gasteiger partial charge in [-0.25, -0.2) is 4.79 Å². The highest BCUT2D eigenvalue weighted by Crippen LogP contribution is 2.19. The van der Waals surface area contributed by atoms with E-state index < -0.39 is 17.9 Å². The molecule has 1 saturated heterocycles. The van der Waals surface area contributed by atoms with Crippen molar-refractivity contribution in [3.05, 3.63) is 24.4 Å². The Hall–Kier alpha value is -2.11. The molecule has 0 saturated carbocycles. The predicted octanol–water partition coefficient (Wildman–Crippen LogP) is 1.03. The van der Waals surface area contributed by atoms with Gasteiger partial charge in [0.1, 0.15) is 19.1 Å². The Labute approximate surface area is 118 Å². The van der Waals surface area contributed by atoms with Gasteiger partial charge in [0.05, 0.1) is 0 Å². The maximum absolute atomic E-state index is 11.7. The third-order valence-corrected chi connectivity index (χ3v) is 3.06. The van der Waals surface area contributed by atoms with Gasteiger partial charge in [0, 0.05) is 12.1 Å². The number of rotatable bonds is 6. The van der Waals surface area contributed by atoms with Gasteiger partial charge in [-0.05, 0) is 26.5 Å². The van der Waals surface area contributed by atoms with Crippen LogP contribution in [0.2, 0.25) is 0 Å². The fraction of sp³-hybridized carbons (Fsp3) is 0.500. The van der Waals surface area contributed by atoms with Crippen molar-refractivity contribution < 1.29 is 23.9 Å². The summed E-state index contributed by atoms with van der Waals surface area (Å²) in [6, 6.07) is 0. The molecule has 0 N–H and O–H groups in total. The number of likely N-dealkylation sites (tertiary alicyclic amines) is 1. The van der Waals surface area contributed by atoms with E-state index >= 15 is 0 Å². The van der Waals surface area contributed by atoms with E-state index in [2.05, 4.69) is 6.58 Å². The van der Waals surface area contributed by atoms with Crippen molar-refractivity contribution in [2.45, 2.75) is 20.3 Å². The molecule has 0 spiro atoms. The van der Waals surface area contributed by atoms with E-state index in [4.69, 9.17) is 9.47 Å². The second-order valence-electron chi connectivity index (χ2n) is 4.33. The maximum Gasteiger partial charge on any atom is 0.333 e. The normalized spacial score (nSPS) is 18.9. The quantitative estimate of drug-likeness (QED) is 0.315. The Balaban J connectivity index is 2.29. The largest absolute Gasteiger partial charge is 0.461 e. The van der Waals surface area contributed by atoms with E-state index in [0.29, 0.717) is 18.5 Å². The van der Waals surface area contributed by atoms with E-state index in [1.807, 2.05) is 0 Å². The number of esters is 2. The van der Waals surface area contributed by atoms with Crippen molar-refractivity contribution in [2.75, 3.05) is 19.8 Å². The smallest absolute Gasteiger partial charge is 0.333 e. The van der Waals surface area contributed by atoms with Crippen LogP contribution in [0.1, 0.15) is 20.3 Å². The molecule has 1 aliphatic heterocycles. The van der Waals surface area contributed by atoms with Crippen LogP contribution in [0.5, 0.6) is 0 Å². The second kappa shape index (κ2) is 7.47. The lowest BCUT2D eigenvalue weighted by molar-refractivity contribution is -0.156. The summed E-state index contributed by atoms with van der Waals surface area (Å²) < 4.78 is 9.82. The summed E-state index contributed by atoms with van der Waals surface area (Å²) in [7, 11) is 0. The molecule has 1 unspecified atom stereocenters. The predicted molar refractivity (Wildman–Crippen MR) is 71.4 cm³/mol. The second-order valence-corrected chi connectivity index (χ2v) is 4.33. The Bertz CT molecular complexity index is 441. The summed E-state index contributed by atoms with van der Waals surface area (Å²) in [4.78, 5) is 36.1. The number of ether oxygens (including phenoxy) is 2. The monoisotopic (exact) mass is 281 g/mol. The van der Waals surface area contributed by atoms with Gasteiger partial charge in [-0.2, -0.15) is 0 Å². The first kappa shape index (κ1) is 15.9. The molecule has 0 aromatic heterocycles. The lowest BCUT2D eigenvalue weighted by Gasteiger charge is -2.11. The molecule has 1 atom stereocenters. The Morgan fingerprint density at radius 2 is 2.05 bits per heavy atom. The summed E-state index contributed by atoms with van der Waals surface area (Å²) in [5.74, 6) is -2.11. The fourth-order valence-electron chi connectivity index (χ4n) is 1.71. The van der Waals surface area contributed by atoms with Crippen molar-refractivity contribution in [3.8, 4) is 0 Å². The zero-order valence-electron chi connectivity index (χ0n) is 11.8. The zero-order chi connectivity index (χ0) is 15.1. The van der Waals surface area contributed by atoms with E-state index in [9.17, 15) is 14.4 Å². The van der Waals surface area contributed by atoms with Gasteiger partial charge in [0.15, 0.2) is 0 Å².